The molecule has 0 unspecified atom stereocenters. The Morgan fingerprint density at radius 3 is 2.65 bits per heavy atom. The van der Waals surface area contributed by atoms with E-state index in [2.05, 4.69) is 15.6 Å². The number of hydrazine groups is 1. The van der Waals surface area contributed by atoms with E-state index in [1.165, 1.54) is 11.3 Å². The minimum atomic E-state index is -1.17. The zero-order chi connectivity index (χ0) is 12.7. The highest BCUT2D eigenvalue weighted by Gasteiger charge is 2.08. The minimum Gasteiger partial charge on any atom is -0.480 e. The summed E-state index contributed by atoms with van der Waals surface area (Å²) in [5, 5.41) is 9.97. The van der Waals surface area contributed by atoms with Crippen LogP contribution in [0, 0.1) is 0 Å². The van der Waals surface area contributed by atoms with Crippen molar-refractivity contribution in [2.24, 2.45) is 0 Å². The first-order chi connectivity index (χ1) is 8.09. The lowest BCUT2D eigenvalue weighted by Gasteiger charge is -2.05. The molecule has 0 atom stereocenters. The zero-order valence-corrected chi connectivity index (χ0v) is 9.45. The molecule has 7 nitrogen and oxygen atoms in total. The fraction of sp³-hybridized carbons (Fsp3) is 0.222. The summed E-state index contributed by atoms with van der Waals surface area (Å²) in [4.78, 5) is 32.9. The van der Waals surface area contributed by atoms with Gasteiger partial charge in [-0.25, -0.2) is 4.79 Å². The molecular formula is C9H10N2O5S. The van der Waals surface area contributed by atoms with Gasteiger partial charge in [-0.2, -0.15) is 0 Å². The van der Waals surface area contributed by atoms with Crippen molar-refractivity contribution in [2.45, 2.75) is 0 Å². The maximum absolute atomic E-state index is 11.3. The predicted octanol–water partition coefficient (Wildman–Crippen LogP) is -0.390. The fourth-order valence-electron chi connectivity index (χ4n) is 0.863. The van der Waals surface area contributed by atoms with Gasteiger partial charge in [-0.15, -0.1) is 11.3 Å². The van der Waals surface area contributed by atoms with Crippen LogP contribution in [-0.2, 0) is 14.3 Å². The number of carbonyl (C=O) groups excluding carboxylic acids is 2. The van der Waals surface area contributed by atoms with Gasteiger partial charge in [0.1, 0.15) is 13.2 Å². The van der Waals surface area contributed by atoms with Crippen molar-refractivity contribution >= 4 is 29.1 Å². The molecule has 2 amide bonds. The van der Waals surface area contributed by atoms with Gasteiger partial charge in [0, 0.05) is 0 Å². The first kappa shape index (κ1) is 13.1. The van der Waals surface area contributed by atoms with E-state index in [9.17, 15) is 14.4 Å². The fourth-order valence-corrected chi connectivity index (χ4v) is 1.48. The van der Waals surface area contributed by atoms with Crippen LogP contribution in [0.25, 0.3) is 0 Å². The largest absolute Gasteiger partial charge is 0.480 e. The summed E-state index contributed by atoms with van der Waals surface area (Å²) < 4.78 is 4.52. The van der Waals surface area contributed by atoms with Crippen LogP contribution in [0.1, 0.15) is 9.67 Å². The van der Waals surface area contributed by atoms with Gasteiger partial charge >= 0.3 is 5.97 Å². The lowest BCUT2D eigenvalue weighted by Crippen LogP contribution is -2.43. The molecule has 0 bridgehead atoms. The van der Waals surface area contributed by atoms with Gasteiger partial charge in [-0.1, -0.05) is 6.07 Å². The van der Waals surface area contributed by atoms with E-state index in [0.717, 1.165) is 0 Å². The molecule has 1 rings (SSSR count). The average Bonchev–Trinajstić information content (AvgIpc) is 2.78. The molecule has 92 valence electrons. The Labute approximate surface area is 100 Å². The third-order valence-electron chi connectivity index (χ3n) is 1.52. The summed E-state index contributed by atoms with van der Waals surface area (Å²) in [5.74, 6) is -2.23. The van der Waals surface area contributed by atoms with E-state index < -0.39 is 31.0 Å². The number of nitrogens with one attached hydrogen (secondary N) is 2. The quantitative estimate of drug-likeness (QED) is 0.624. The van der Waals surface area contributed by atoms with Crippen LogP contribution in [0.3, 0.4) is 0 Å². The molecule has 8 heteroatoms. The Bertz CT molecular complexity index is 404. The van der Waals surface area contributed by atoms with Gasteiger partial charge in [0.05, 0.1) is 4.88 Å². The van der Waals surface area contributed by atoms with Crippen molar-refractivity contribution in [3.63, 3.8) is 0 Å². The molecule has 0 saturated carbocycles. The molecule has 1 aromatic heterocycles. The standard InChI is InChI=1S/C9H10N2O5S/c12-7(4-16-5-8(13)14)10-11-9(15)6-2-1-3-17-6/h1-3H,4-5H2,(H,10,12)(H,11,15)(H,13,14). The number of hydrogen-bond donors (Lipinski definition) is 3. The Kier molecular flexibility index (Phi) is 5.11. The zero-order valence-electron chi connectivity index (χ0n) is 8.63. The van der Waals surface area contributed by atoms with Gasteiger partial charge in [-0.3, -0.25) is 20.4 Å². The van der Waals surface area contributed by atoms with E-state index in [-0.39, 0.29) is 0 Å². The predicted molar refractivity (Wildman–Crippen MR) is 58.4 cm³/mol. The third kappa shape index (κ3) is 5.09. The number of carboxylic acids is 1. The van der Waals surface area contributed by atoms with Crippen molar-refractivity contribution in [2.75, 3.05) is 13.2 Å². The lowest BCUT2D eigenvalue weighted by atomic mass is 10.4. The number of amides is 2. The highest BCUT2D eigenvalue weighted by molar-refractivity contribution is 7.12. The first-order valence-electron chi connectivity index (χ1n) is 4.52. The van der Waals surface area contributed by atoms with Crippen LogP contribution in [-0.4, -0.2) is 36.1 Å². The van der Waals surface area contributed by atoms with Crippen molar-refractivity contribution in [1.82, 2.24) is 10.9 Å². The summed E-state index contributed by atoms with van der Waals surface area (Å²) >= 11 is 1.23. The highest BCUT2D eigenvalue weighted by Crippen LogP contribution is 2.06. The molecule has 1 aromatic rings. The number of ether oxygens (including phenoxy) is 1. The SMILES string of the molecule is O=C(O)COCC(=O)NNC(=O)c1cccs1. The van der Waals surface area contributed by atoms with Gasteiger partial charge in [0.25, 0.3) is 11.8 Å². The van der Waals surface area contributed by atoms with E-state index in [1.54, 1.807) is 17.5 Å². The van der Waals surface area contributed by atoms with Crippen LogP contribution in [0.2, 0.25) is 0 Å². The van der Waals surface area contributed by atoms with Crippen LogP contribution in [0.4, 0.5) is 0 Å². The number of rotatable bonds is 5. The Hall–Kier alpha value is -1.93. The van der Waals surface area contributed by atoms with Gasteiger partial charge < -0.3 is 9.84 Å². The lowest BCUT2D eigenvalue weighted by molar-refractivity contribution is -0.143. The van der Waals surface area contributed by atoms with Crippen molar-refractivity contribution < 1.29 is 24.2 Å². The van der Waals surface area contributed by atoms with Gasteiger partial charge in [-0.05, 0) is 11.4 Å². The third-order valence-corrected chi connectivity index (χ3v) is 2.39. The van der Waals surface area contributed by atoms with Gasteiger partial charge in [0.15, 0.2) is 0 Å². The van der Waals surface area contributed by atoms with E-state index in [4.69, 9.17) is 5.11 Å². The second-order valence-corrected chi connectivity index (χ2v) is 3.81. The van der Waals surface area contributed by atoms with Crippen LogP contribution >= 0.6 is 11.3 Å². The molecule has 0 spiro atoms. The Morgan fingerprint density at radius 2 is 2.06 bits per heavy atom. The molecule has 0 saturated heterocycles. The normalized spacial score (nSPS) is 9.65. The van der Waals surface area contributed by atoms with Gasteiger partial charge in [0.2, 0.25) is 0 Å². The minimum absolute atomic E-state index is 0.434. The topological polar surface area (TPSA) is 105 Å². The van der Waals surface area contributed by atoms with Crippen LogP contribution < -0.4 is 10.9 Å². The number of aliphatic carboxylic acids is 1. The maximum Gasteiger partial charge on any atom is 0.329 e. The number of hydrogen-bond acceptors (Lipinski definition) is 5. The molecule has 0 aliphatic carbocycles. The molecule has 0 aliphatic heterocycles. The maximum atomic E-state index is 11.3. The number of thiophene rings is 1. The molecule has 3 N–H and O–H groups in total. The molecule has 0 aromatic carbocycles. The Morgan fingerprint density at radius 1 is 1.29 bits per heavy atom. The monoisotopic (exact) mass is 258 g/mol. The van der Waals surface area contributed by atoms with Crippen molar-refractivity contribution in [3.05, 3.63) is 22.4 Å². The summed E-state index contributed by atoms with van der Waals surface area (Å²) in [6.07, 6.45) is 0. The molecule has 0 radical (unpaired) electrons. The van der Waals surface area contributed by atoms with Crippen LogP contribution in [0.15, 0.2) is 17.5 Å². The van der Waals surface area contributed by atoms with Crippen LogP contribution in [0.5, 0.6) is 0 Å². The molecule has 1 heterocycles. The molecule has 17 heavy (non-hydrogen) atoms. The number of carbonyl (C=O) groups is 3. The smallest absolute Gasteiger partial charge is 0.329 e. The summed E-state index contributed by atoms with van der Waals surface area (Å²) in [6, 6.07) is 3.31. The summed E-state index contributed by atoms with van der Waals surface area (Å²) in [7, 11) is 0. The van der Waals surface area contributed by atoms with Crippen molar-refractivity contribution in [1.29, 1.82) is 0 Å². The molecule has 0 fully saturated rings. The highest BCUT2D eigenvalue weighted by atomic mass is 32.1. The Balaban J connectivity index is 2.20. The second-order valence-electron chi connectivity index (χ2n) is 2.87. The summed E-state index contributed by atoms with van der Waals surface area (Å²) in [6.45, 7) is -0.997. The molecular weight excluding hydrogens is 248 g/mol. The van der Waals surface area contributed by atoms with E-state index in [0.29, 0.717) is 4.88 Å². The number of carboxylic acid groups (broad SMARTS) is 1. The van der Waals surface area contributed by atoms with E-state index >= 15 is 0 Å². The van der Waals surface area contributed by atoms with E-state index in [1.807, 2.05) is 0 Å². The molecule has 0 aliphatic rings. The van der Waals surface area contributed by atoms with Crippen molar-refractivity contribution in [3.8, 4) is 0 Å². The average molecular weight is 258 g/mol. The first-order valence-corrected chi connectivity index (χ1v) is 5.40. The summed E-state index contributed by atoms with van der Waals surface area (Å²) in [5.41, 5.74) is 4.26. The second kappa shape index (κ2) is 6.61.